The van der Waals surface area contributed by atoms with Crippen molar-refractivity contribution in [2.45, 2.75) is 6.54 Å². The van der Waals surface area contributed by atoms with Crippen molar-refractivity contribution in [2.24, 2.45) is 0 Å². The Morgan fingerprint density at radius 1 is 1.15 bits per heavy atom. The molecular weight excluding hydrogens is 303 g/mol. The van der Waals surface area contributed by atoms with Crippen molar-refractivity contribution in [3.05, 3.63) is 62.1 Å². The molecule has 0 fully saturated rings. The number of phenolic OH excluding ortho intramolecular Hbond substituents is 1. The van der Waals surface area contributed by atoms with Crippen LogP contribution in [-0.4, -0.2) is 10.0 Å². The Bertz CT molecular complexity index is 662. The summed E-state index contributed by atoms with van der Waals surface area (Å²) in [6, 6.07) is 8.95. The summed E-state index contributed by atoms with van der Waals surface area (Å²) in [6.45, 7) is 0.376. The summed E-state index contributed by atoms with van der Waals surface area (Å²) in [5.74, 6) is 0.00352. The molecule has 0 heterocycles. The average molecular weight is 313 g/mol. The highest BCUT2D eigenvalue weighted by molar-refractivity contribution is 6.33. The van der Waals surface area contributed by atoms with Crippen LogP contribution >= 0.6 is 23.2 Å². The standard InChI is InChI=1S/C13H10Cl2N2O3/c14-10-3-2-9(17(19)20)6-12(10)16-7-8-1-4-13(18)11(15)5-8/h1-6,16,18H,7H2. The quantitative estimate of drug-likeness (QED) is 0.654. The van der Waals surface area contributed by atoms with Crippen LogP contribution in [0.3, 0.4) is 0 Å². The van der Waals surface area contributed by atoms with Gasteiger partial charge in [-0.3, -0.25) is 10.1 Å². The number of non-ortho nitro benzene ring substituents is 1. The maximum absolute atomic E-state index is 10.7. The fraction of sp³-hybridized carbons (Fsp3) is 0.0769. The molecule has 0 saturated carbocycles. The van der Waals surface area contributed by atoms with Crippen molar-refractivity contribution < 1.29 is 10.0 Å². The Balaban J connectivity index is 2.15. The molecule has 0 radical (unpaired) electrons. The number of nitro groups is 1. The van der Waals surface area contributed by atoms with Crippen molar-refractivity contribution in [2.75, 3.05) is 5.32 Å². The van der Waals surface area contributed by atoms with E-state index in [0.717, 1.165) is 5.56 Å². The van der Waals surface area contributed by atoms with Gasteiger partial charge in [-0.15, -0.1) is 0 Å². The number of aromatic hydroxyl groups is 1. The summed E-state index contributed by atoms with van der Waals surface area (Å²) in [6.07, 6.45) is 0. The van der Waals surface area contributed by atoms with E-state index < -0.39 is 4.92 Å². The van der Waals surface area contributed by atoms with E-state index in [1.807, 2.05) is 0 Å². The van der Waals surface area contributed by atoms with Gasteiger partial charge in [0.15, 0.2) is 0 Å². The molecule has 2 rings (SSSR count). The van der Waals surface area contributed by atoms with E-state index >= 15 is 0 Å². The number of anilines is 1. The van der Waals surface area contributed by atoms with Gasteiger partial charge in [0.25, 0.3) is 5.69 Å². The molecule has 104 valence electrons. The molecule has 0 aliphatic carbocycles. The molecule has 2 N–H and O–H groups in total. The molecule has 0 aliphatic rings. The topological polar surface area (TPSA) is 75.4 Å². The first-order valence-electron chi connectivity index (χ1n) is 5.62. The maximum Gasteiger partial charge on any atom is 0.271 e. The summed E-state index contributed by atoms with van der Waals surface area (Å²) >= 11 is 11.8. The first kappa shape index (κ1) is 14.4. The Kier molecular flexibility index (Phi) is 4.32. The number of nitro benzene ring substituents is 1. The Morgan fingerprint density at radius 2 is 1.90 bits per heavy atom. The van der Waals surface area contributed by atoms with Gasteiger partial charge in [0.1, 0.15) is 5.75 Å². The number of hydrogen-bond acceptors (Lipinski definition) is 4. The van der Waals surface area contributed by atoms with Crippen LogP contribution in [-0.2, 0) is 6.54 Å². The van der Waals surface area contributed by atoms with Crippen molar-refractivity contribution in [3.63, 3.8) is 0 Å². The number of phenols is 1. The first-order valence-corrected chi connectivity index (χ1v) is 6.38. The zero-order chi connectivity index (χ0) is 14.7. The molecule has 0 aromatic heterocycles. The number of nitrogens with one attached hydrogen (secondary N) is 1. The molecule has 0 amide bonds. The zero-order valence-corrected chi connectivity index (χ0v) is 11.6. The number of nitrogens with zero attached hydrogens (tertiary/aromatic N) is 1. The molecule has 2 aromatic carbocycles. The van der Waals surface area contributed by atoms with Gasteiger partial charge in [-0.2, -0.15) is 0 Å². The molecule has 0 saturated heterocycles. The van der Waals surface area contributed by atoms with Crippen LogP contribution < -0.4 is 5.32 Å². The third-order valence-corrected chi connectivity index (χ3v) is 3.29. The van der Waals surface area contributed by atoms with Gasteiger partial charge >= 0.3 is 0 Å². The Labute approximate surface area is 124 Å². The second kappa shape index (κ2) is 5.98. The number of benzene rings is 2. The summed E-state index contributed by atoms with van der Waals surface area (Å²) in [5, 5.41) is 23.7. The highest BCUT2D eigenvalue weighted by atomic mass is 35.5. The van der Waals surface area contributed by atoms with E-state index in [2.05, 4.69) is 5.32 Å². The molecule has 7 heteroatoms. The van der Waals surface area contributed by atoms with Crippen LogP contribution in [0.15, 0.2) is 36.4 Å². The van der Waals surface area contributed by atoms with Crippen LogP contribution in [0, 0.1) is 10.1 Å². The molecule has 0 atom stereocenters. The van der Waals surface area contributed by atoms with Crippen LogP contribution in [0.5, 0.6) is 5.75 Å². The minimum Gasteiger partial charge on any atom is -0.506 e. The Hall–Kier alpha value is -1.98. The van der Waals surface area contributed by atoms with Crippen molar-refractivity contribution in [1.29, 1.82) is 0 Å². The van der Waals surface area contributed by atoms with E-state index in [1.54, 1.807) is 12.1 Å². The fourth-order valence-electron chi connectivity index (χ4n) is 1.62. The van der Waals surface area contributed by atoms with E-state index in [1.165, 1.54) is 24.3 Å². The molecular formula is C13H10Cl2N2O3. The van der Waals surface area contributed by atoms with Crippen molar-refractivity contribution in [3.8, 4) is 5.75 Å². The average Bonchev–Trinajstić information content (AvgIpc) is 2.41. The van der Waals surface area contributed by atoms with Crippen LogP contribution in [0.1, 0.15) is 5.56 Å². The van der Waals surface area contributed by atoms with E-state index in [0.29, 0.717) is 17.3 Å². The van der Waals surface area contributed by atoms with Gasteiger partial charge in [-0.25, -0.2) is 0 Å². The van der Waals surface area contributed by atoms with Gasteiger partial charge in [-0.05, 0) is 23.8 Å². The summed E-state index contributed by atoms with van der Waals surface area (Å²) in [5.41, 5.74) is 1.24. The van der Waals surface area contributed by atoms with Gasteiger partial charge in [0.05, 0.1) is 20.7 Å². The minimum absolute atomic E-state index is 0.00352. The SMILES string of the molecule is O=[N+]([O-])c1ccc(Cl)c(NCc2ccc(O)c(Cl)c2)c1. The zero-order valence-electron chi connectivity index (χ0n) is 10.1. The molecule has 0 bridgehead atoms. The summed E-state index contributed by atoms with van der Waals surface area (Å²) in [7, 11) is 0. The maximum atomic E-state index is 10.7. The monoisotopic (exact) mass is 312 g/mol. The van der Waals surface area contributed by atoms with E-state index in [9.17, 15) is 15.2 Å². The van der Waals surface area contributed by atoms with Gasteiger partial charge in [-0.1, -0.05) is 29.3 Å². The molecule has 0 spiro atoms. The molecule has 20 heavy (non-hydrogen) atoms. The second-order valence-corrected chi connectivity index (χ2v) is 4.87. The lowest BCUT2D eigenvalue weighted by molar-refractivity contribution is -0.384. The molecule has 0 unspecified atom stereocenters. The summed E-state index contributed by atoms with van der Waals surface area (Å²) in [4.78, 5) is 10.2. The van der Waals surface area contributed by atoms with Crippen LogP contribution in [0.25, 0.3) is 0 Å². The highest BCUT2D eigenvalue weighted by Crippen LogP contribution is 2.28. The van der Waals surface area contributed by atoms with Crippen molar-refractivity contribution >= 4 is 34.6 Å². The largest absolute Gasteiger partial charge is 0.506 e. The van der Waals surface area contributed by atoms with Gasteiger partial charge < -0.3 is 10.4 Å². The van der Waals surface area contributed by atoms with Gasteiger partial charge in [0.2, 0.25) is 0 Å². The molecule has 0 aliphatic heterocycles. The third-order valence-electron chi connectivity index (χ3n) is 2.66. The number of hydrogen-bond donors (Lipinski definition) is 2. The van der Waals surface area contributed by atoms with Crippen molar-refractivity contribution in [1.82, 2.24) is 0 Å². The van der Waals surface area contributed by atoms with E-state index in [-0.39, 0.29) is 16.5 Å². The van der Waals surface area contributed by atoms with Crippen LogP contribution in [0.4, 0.5) is 11.4 Å². The third kappa shape index (κ3) is 3.31. The highest BCUT2D eigenvalue weighted by Gasteiger charge is 2.09. The van der Waals surface area contributed by atoms with Crippen LogP contribution in [0.2, 0.25) is 10.0 Å². The number of rotatable bonds is 4. The fourth-order valence-corrected chi connectivity index (χ4v) is 2.01. The smallest absolute Gasteiger partial charge is 0.271 e. The van der Waals surface area contributed by atoms with E-state index in [4.69, 9.17) is 23.2 Å². The lowest BCUT2D eigenvalue weighted by atomic mass is 10.2. The minimum atomic E-state index is -0.487. The predicted octanol–water partition coefficient (Wildman–Crippen LogP) is 4.22. The Morgan fingerprint density at radius 3 is 2.55 bits per heavy atom. The predicted molar refractivity (Wildman–Crippen MR) is 78.5 cm³/mol. The number of halogens is 2. The second-order valence-electron chi connectivity index (χ2n) is 4.06. The normalized spacial score (nSPS) is 10.3. The lowest BCUT2D eigenvalue weighted by Gasteiger charge is -2.09. The molecule has 2 aromatic rings. The first-order chi connectivity index (χ1) is 9.47. The van der Waals surface area contributed by atoms with Gasteiger partial charge in [0, 0.05) is 18.7 Å². The molecule has 5 nitrogen and oxygen atoms in total. The summed E-state index contributed by atoms with van der Waals surface area (Å²) < 4.78 is 0. The lowest BCUT2D eigenvalue weighted by Crippen LogP contribution is -2.00.